The first-order valence-corrected chi connectivity index (χ1v) is 6.04. The summed E-state index contributed by atoms with van der Waals surface area (Å²) in [4.78, 5) is 11.5. The van der Waals surface area contributed by atoms with Gasteiger partial charge in [0.25, 0.3) is 0 Å². The van der Waals surface area contributed by atoms with Gasteiger partial charge in [-0.3, -0.25) is 4.79 Å². The topological polar surface area (TPSA) is 38.3 Å². The third kappa shape index (κ3) is 5.40. The second kappa shape index (κ2) is 7.39. The van der Waals surface area contributed by atoms with Crippen molar-refractivity contribution in [1.82, 2.24) is 5.32 Å². The molecule has 0 saturated heterocycles. The first kappa shape index (κ1) is 14.1. The van der Waals surface area contributed by atoms with Crippen molar-refractivity contribution in [2.45, 2.75) is 32.7 Å². The van der Waals surface area contributed by atoms with Gasteiger partial charge in [-0.05, 0) is 31.5 Å². The summed E-state index contributed by atoms with van der Waals surface area (Å²) in [5.74, 6) is 3.27. The number of aryl methyl sites for hydroxylation is 1. The largest absolute Gasteiger partial charge is 0.493 e. The van der Waals surface area contributed by atoms with Gasteiger partial charge in [0, 0.05) is 12.5 Å². The van der Waals surface area contributed by atoms with Crippen LogP contribution in [0.1, 0.15) is 25.3 Å². The number of rotatable bonds is 6. The molecule has 0 fully saturated rings. The van der Waals surface area contributed by atoms with Crippen molar-refractivity contribution in [3.8, 4) is 18.1 Å². The molecule has 18 heavy (non-hydrogen) atoms. The van der Waals surface area contributed by atoms with Gasteiger partial charge in [0.1, 0.15) is 5.75 Å². The summed E-state index contributed by atoms with van der Waals surface area (Å²) in [5, 5.41) is 2.82. The van der Waals surface area contributed by atoms with E-state index in [0.29, 0.717) is 19.4 Å². The van der Waals surface area contributed by atoms with Gasteiger partial charge in [-0.15, -0.1) is 12.3 Å². The molecule has 96 valence electrons. The van der Waals surface area contributed by atoms with E-state index in [4.69, 9.17) is 11.2 Å². The molecule has 1 N–H and O–H groups in total. The molecule has 1 atom stereocenters. The monoisotopic (exact) mass is 245 g/mol. The van der Waals surface area contributed by atoms with E-state index in [9.17, 15) is 4.79 Å². The first-order chi connectivity index (χ1) is 8.61. The summed E-state index contributed by atoms with van der Waals surface area (Å²) in [7, 11) is 0. The Morgan fingerprint density at radius 1 is 1.56 bits per heavy atom. The summed E-state index contributed by atoms with van der Waals surface area (Å²) >= 11 is 0. The fourth-order valence-corrected chi connectivity index (χ4v) is 1.54. The lowest BCUT2D eigenvalue weighted by atomic mass is 10.2. The molecule has 0 radical (unpaired) electrons. The lowest BCUT2D eigenvalue weighted by Crippen LogP contribution is -2.33. The molecule has 0 spiro atoms. The lowest BCUT2D eigenvalue weighted by Gasteiger charge is -2.11. The Kier molecular flexibility index (Phi) is 5.79. The van der Waals surface area contributed by atoms with Crippen molar-refractivity contribution in [2.24, 2.45) is 0 Å². The van der Waals surface area contributed by atoms with E-state index >= 15 is 0 Å². The van der Waals surface area contributed by atoms with Crippen LogP contribution in [0.2, 0.25) is 0 Å². The fraction of sp³-hybridized carbons (Fsp3) is 0.400. The van der Waals surface area contributed by atoms with Crippen molar-refractivity contribution in [3.63, 3.8) is 0 Å². The Labute approximate surface area is 109 Å². The van der Waals surface area contributed by atoms with Gasteiger partial charge >= 0.3 is 0 Å². The first-order valence-electron chi connectivity index (χ1n) is 6.04. The third-order valence-electron chi connectivity index (χ3n) is 2.42. The predicted octanol–water partition coefficient (Wildman–Crippen LogP) is 2.29. The fourth-order valence-electron chi connectivity index (χ4n) is 1.54. The summed E-state index contributed by atoms with van der Waals surface area (Å²) < 4.78 is 5.50. The maximum atomic E-state index is 11.5. The van der Waals surface area contributed by atoms with E-state index < -0.39 is 0 Å². The molecule has 0 heterocycles. The SMILES string of the molecule is C#CCC(C)NC(=O)CCOc1cccc(C)c1. The van der Waals surface area contributed by atoms with Gasteiger partial charge in [-0.25, -0.2) is 0 Å². The molecule has 0 aliphatic heterocycles. The smallest absolute Gasteiger partial charge is 0.223 e. The van der Waals surface area contributed by atoms with Crippen LogP contribution >= 0.6 is 0 Å². The Balaban J connectivity index is 2.26. The van der Waals surface area contributed by atoms with E-state index in [1.807, 2.05) is 38.1 Å². The number of terminal acetylenes is 1. The zero-order valence-corrected chi connectivity index (χ0v) is 10.9. The summed E-state index contributed by atoms with van der Waals surface area (Å²) in [6, 6.07) is 7.77. The second-order valence-electron chi connectivity index (χ2n) is 4.29. The van der Waals surface area contributed by atoms with Crippen molar-refractivity contribution >= 4 is 5.91 Å². The van der Waals surface area contributed by atoms with E-state index in [1.165, 1.54) is 0 Å². The van der Waals surface area contributed by atoms with E-state index in [1.54, 1.807) is 0 Å². The Morgan fingerprint density at radius 3 is 3.00 bits per heavy atom. The number of hydrogen-bond donors (Lipinski definition) is 1. The molecule has 1 unspecified atom stereocenters. The average Bonchev–Trinajstić information content (AvgIpc) is 2.29. The molecule has 0 saturated carbocycles. The molecule has 1 rings (SSSR count). The third-order valence-corrected chi connectivity index (χ3v) is 2.42. The van der Waals surface area contributed by atoms with Crippen LogP contribution in [0, 0.1) is 19.3 Å². The molecule has 0 aliphatic carbocycles. The Hall–Kier alpha value is -1.95. The predicted molar refractivity (Wildman–Crippen MR) is 72.3 cm³/mol. The van der Waals surface area contributed by atoms with Crippen LogP contribution in [0.25, 0.3) is 0 Å². The minimum Gasteiger partial charge on any atom is -0.493 e. The molecule has 0 aliphatic rings. The lowest BCUT2D eigenvalue weighted by molar-refractivity contribution is -0.122. The number of amides is 1. The number of benzene rings is 1. The van der Waals surface area contributed by atoms with Crippen molar-refractivity contribution < 1.29 is 9.53 Å². The quantitative estimate of drug-likeness (QED) is 0.781. The summed E-state index contributed by atoms with van der Waals surface area (Å²) in [6.45, 7) is 4.26. The van der Waals surface area contributed by atoms with Gasteiger partial charge < -0.3 is 10.1 Å². The molecule has 1 amide bonds. The number of ether oxygens (including phenoxy) is 1. The molecule has 1 aromatic rings. The standard InChI is InChI=1S/C15H19NO2/c1-4-6-13(3)16-15(17)9-10-18-14-8-5-7-12(2)11-14/h1,5,7-8,11,13H,6,9-10H2,2-3H3,(H,16,17). The highest BCUT2D eigenvalue weighted by atomic mass is 16.5. The normalized spacial score (nSPS) is 11.4. The number of nitrogens with one attached hydrogen (secondary N) is 1. The number of carbonyl (C=O) groups is 1. The van der Waals surface area contributed by atoms with Crippen molar-refractivity contribution in [3.05, 3.63) is 29.8 Å². The van der Waals surface area contributed by atoms with Crippen LogP contribution in [0.5, 0.6) is 5.75 Å². The number of hydrogen-bond acceptors (Lipinski definition) is 2. The van der Waals surface area contributed by atoms with Gasteiger partial charge in [0.05, 0.1) is 13.0 Å². The highest BCUT2D eigenvalue weighted by Crippen LogP contribution is 2.12. The highest BCUT2D eigenvalue weighted by molar-refractivity contribution is 5.76. The molecule has 0 bridgehead atoms. The van der Waals surface area contributed by atoms with Gasteiger partial charge in [0.2, 0.25) is 5.91 Å². The molecule has 3 heteroatoms. The van der Waals surface area contributed by atoms with Crippen LogP contribution in [0.4, 0.5) is 0 Å². The van der Waals surface area contributed by atoms with E-state index in [0.717, 1.165) is 11.3 Å². The average molecular weight is 245 g/mol. The zero-order chi connectivity index (χ0) is 13.4. The molecular weight excluding hydrogens is 226 g/mol. The number of carbonyl (C=O) groups excluding carboxylic acids is 1. The highest BCUT2D eigenvalue weighted by Gasteiger charge is 2.06. The molecular formula is C15H19NO2. The van der Waals surface area contributed by atoms with Crippen LogP contribution in [0.3, 0.4) is 0 Å². The van der Waals surface area contributed by atoms with Crippen molar-refractivity contribution in [2.75, 3.05) is 6.61 Å². The molecule has 1 aromatic carbocycles. The van der Waals surface area contributed by atoms with Crippen LogP contribution in [0.15, 0.2) is 24.3 Å². The molecule has 3 nitrogen and oxygen atoms in total. The summed E-state index contributed by atoms with van der Waals surface area (Å²) in [5.41, 5.74) is 1.14. The minimum absolute atomic E-state index is 0.0152. The maximum Gasteiger partial charge on any atom is 0.223 e. The van der Waals surface area contributed by atoms with Crippen molar-refractivity contribution in [1.29, 1.82) is 0 Å². The van der Waals surface area contributed by atoms with Gasteiger partial charge in [-0.2, -0.15) is 0 Å². The molecule has 0 aromatic heterocycles. The second-order valence-corrected chi connectivity index (χ2v) is 4.29. The van der Waals surface area contributed by atoms with Crippen LogP contribution < -0.4 is 10.1 Å². The maximum absolute atomic E-state index is 11.5. The van der Waals surface area contributed by atoms with Gasteiger partial charge in [0.15, 0.2) is 0 Å². The van der Waals surface area contributed by atoms with Crippen LogP contribution in [-0.4, -0.2) is 18.6 Å². The Bertz CT molecular complexity index is 434. The van der Waals surface area contributed by atoms with Crippen LogP contribution in [-0.2, 0) is 4.79 Å². The zero-order valence-electron chi connectivity index (χ0n) is 10.9. The Morgan fingerprint density at radius 2 is 2.33 bits per heavy atom. The van der Waals surface area contributed by atoms with Gasteiger partial charge in [-0.1, -0.05) is 12.1 Å². The van der Waals surface area contributed by atoms with E-state index in [2.05, 4.69) is 11.2 Å². The summed E-state index contributed by atoms with van der Waals surface area (Å²) in [6.07, 6.45) is 6.05. The minimum atomic E-state index is -0.0367. The van der Waals surface area contributed by atoms with E-state index in [-0.39, 0.29) is 11.9 Å².